The van der Waals surface area contributed by atoms with Gasteiger partial charge in [-0.25, -0.2) is 4.39 Å². The Labute approximate surface area is 144 Å². The summed E-state index contributed by atoms with van der Waals surface area (Å²) in [5, 5.41) is 0. The summed E-state index contributed by atoms with van der Waals surface area (Å²) < 4.78 is 16.3. The lowest BCUT2D eigenvalue weighted by Crippen LogP contribution is -2.17. The van der Waals surface area contributed by atoms with Gasteiger partial charge in [-0.3, -0.25) is 4.79 Å². The minimum atomic E-state index is -0.278. The van der Waals surface area contributed by atoms with Gasteiger partial charge in [0.05, 0.1) is 10.2 Å². The maximum absolute atomic E-state index is 13.5. The molecule has 0 aliphatic carbocycles. The van der Waals surface area contributed by atoms with E-state index in [-0.39, 0.29) is 11.7 Å². The molecule has 124 valence electrons. The summed E-state index contributed by atoms with van der Waals surface area (Å²) in [6, 6.07) is 10.5. The Balaban J connectivity index is 2.16. The fourth-order valence-electron chi connectivity index (χ4n) is 2.69. The van der Waals surface area contributed by atoms with Crippen molar-refractivity contribution in [2.45, 2.75) is 33.7 Å². The van der Waals surface area contributed by atoms with E-state index in [2.05, 4.69) is 11.9 Å². The predicted octanol–water partition coefficient (Wildman–Crippen LogP) is 4.61. The first-order valence-electron chi connectivity index (χ1n) is 7.95. The molecule has 5 heteroatoms. The van der Waals surface area contributed by atoms with Crippen LogP contribution in [0, 0.1) is 19.7 Å². The molecule has 24 heavy (non-hydrogen) atoms. The predicted molar refractivity (Wildman–Crippen MR) is 95.9 cm³/mol. The van der Waals surface area contributed by atoms with E-state index in [1.807, 2.05) is 36.6 Å². The van der Waals surface area contributed by atoms with Gasteiger partial charge in [-0.15, -0.1) is 0 Å². The third kappa shape index (κ3) is 3.17. The molecule has 3 aromatic rings. The van der Waals surface area contributed by atoms with Gasteiger partial charge in [0.25, 0.3) is 5.91 Å². The highest BCUT2D eigenvalue weighted by atomic mass is 32.1. The molecule has 0 N–H and O–H groups in total. The van der Waals surface area contributed by atoms with Crippen molar-refractivity contribution in [1.82, 2.24) is 4.57 Å². The van der Waals surface area contributed by atoms with Crippen LogP contribution in [0.15, 0.2) is 41.4 Å². The first kappa shape index (κ1) is 16.6. The van der Waals surface area contributed by atoms with E-state index in [1.54, 1.807) is 6.07 Å². The molecule has 1 aromatic heterocycles. The van der Waals surface area contributed by atoms with Crippen LogP contribution >= 0.6 is 11.3 Å². The highest BCUT2D eigenvalue weighted by Gasteiger charge is 2.11. The molecule has 3 rings (SSSR count). The molecule has 0 aliphatic rings. The van der Waals surface area contributed by atoms with E-state index in [4.69, 9.17) is 0 Å². The number of fused-ring (bicyclic) bond motifs is 1. The molecule has 0 saturated carbocycles. The lowest BCUT2D eigenvalue weighted by molar-refractivity contribution is 0.0997. The Hall–Kier alpha value is -2.27. The van der Waals surface area contributed by atoms with Crippen molar-refractivity contribution in [3.63, 3.8) is 0 Å². The van der Waals surface area contributed by atoms with Crippen molar-refractivity contribution in [2.75, 3.05) is 0 Å². The molecule has 1 heterocycles. The number of thiazole rings is 1. The van der Waals surface area contributed by atoms with Crippen molar-refractivity contribution in [1.29, 1.82) is 0 Å². The standard InChI is InChI=1S/C19H19FN2OS/c1-4-9-22-16-8-7-14(20)11-17(16)24-19(22)21-18(23)15-10-12(2)5-6-13(15)3/h5-8,10-11H,4,9H2,1-3H3. The lowest BCUT2D eigenvalue weighted by atomic mass is 10.1. The summed E-state index contributed by atoms with van der Waals surface area (Å²) in [4.78, 5) is 17.6. The monoisotopic (exact) mass is 342 g/mol. The molecule has 0 saturated heterocycles. The average molecular weight is 342 g/mol. The van der Waals surface area contributed by atoms with Crippen molar-refractivity contribution in [2.24, 2.45) is 4.99 Å². The maximum Gasteiger partial charge on any atom is 0.279 e. The molecular weight excluding hydrogens is 323 g/mol. The van der Waals surface area contributed by atoms with E-state index in [9.17, 15) is 9.18 Å². The van der Waals surface area contributed by atoms with E-state index in [1.165, 1.54) is 23.5 Å². The van der Waals surface area contributed by atoms with Crippen LogP contribution in [-0.4, -0.2) is 10.5 Å². The highest BCUT2D eigenvalue weighted by Crippen LogP contribution is 2.19. The number of rotatable bonds is 3. The second-order valence-electron chi connectivity index (χ2n) is 5.88. The SMILES string of the molecule is CCCn1c(=NC(=O)c2cc(C)ccc2C)sc2cc(F)ccc21. The van der Waals surface area contributed by atoms with Gasteiger partial charge in [-0.05, 0) is 50.1 Å². The summed E-state index contributed by atoms with van der Waals surface area (Å²) in [5.41, 5.74) is 3.46. The molecule has 0 atom stereocenters. The van der Waals surface area contributed by atoms with Crippen LogP contribution in [0.4, 0.5) is 4.39 Å². The minimum Gasteiger partial charge on any atom is -0.316 e. The molecule has 0 unspecified atom stereocenters. The summed E-state index contributed by atoms with van der Waals surface area (Å²) in [5.74, 6) is -0.534. The summed E-state index contributed by atoms with van der Waals surface area (Å²) >= 11 is 1.35. The third-order valence-electron chi connectivity index (χ3n) is 3.91. The largest absolute Gasteiger partial charge is 0.316 e. The van der Waals surface area contributed by atoms with Gasteiger partial charge < -0.3 is 4.57 Å². The first-order valence-corrected chi connectivity index (χ1v) is 8.76. The van der Waals surface area contributed by atoms with Crippen molar-refractivity contribution in [3.8, 4) is 0 Å². The van der Waals surface area contributed by atoms with Crippen LogP contribution in [0.25, 0.3) is 10.2 Å². The van der Waals surface area contributed by atoms with Crippen molar-refractivity contribution in [3.05, 3.63) is 63.7 Å². The van der Waals surface area contributed by atoms with Gasteiger partial charge >= 0.3 is 0 Å². The van der Waals surface area contributed by atoms with Crippen LogP contribution in [0.2, 0.25) is 0 Å². The number of carbonyl (C=O) groups excluding carboxylic acids is 1. The van der Waals surface area contributed by atoms with Crippen LogP contribution < -0.4 is 4.80 Å². The van der Waals surface area contributed by atoms with Crippen molar-refractivity contribution < 1.29 is 9.18 Å². The normalized spacial score (nSPS) is 12.1. The molecule has 1 amide bonds. The number of halogens is 1. The molecule has 0 aliphatic heterocycles. The zero-order chi connectivity index (χ0) is 17.3. The van der Waals surface area contributed by atoms with E-state index in [0.717, 1.165) is 34.3 Å². The number of benzene rings is 2. The number of aromatic nitrogens is 1. The molecule has 3 nitrogen and oxygen atoms in total. The fraction of sp³-hybridized carbons (Fsp3) is 0.263. The Kier molecular flexibility index (Phi) is 4.62. The van der Waals surface area contributed by atoms with Crippen LogP contribution in [0.5, 0.6) is 0 Å². The number of amides is 1. The van der Waals surface area contributed by atoms with Crippen molar-refractivity contribution >= 4 is 27.5 Å². The number of aryl methyl sites for hydroxylation is 3. The van der Waals surface area contributed by atoms with E-state index >= 15 is 0 Å². The van der Waals surface area contributed by atoms with Crippen LogP contribution in [0.1, 0.15) is 34.8 Å². The highest BCUT2D eigenvalue weighted by molar-refractivity contribution is 7.16. The Morgan fingerprint density at radius 1 is 1.21 bits per heavy atom. The third-order valence-corrected chi connectivity index (χ3v) is 4.95. The molecular formula is C19H19FN2OS. The van der Waals surface area contributed by atoms with E-state index < -0.39 is 0 Å². The van der Waals surface area contributed by atoms with Gasteiger partial charge in [0.15, 0.2) is 4.80 Å². The molecule has 0 bridgehead atoms. The smallest absolute Gasteiger partial charge is 0.279 e. The van der Waals surface area contributed by atoms with E-state index in [0.29, 0.717) is 10.4 Å². The molecule has 0 radical (unpaired) electrons. The zero-order valence-electron chi connectivity index (χ0n) is 14.0. The topological polar surface area (TPSA) is 34.4 Å². The second kappa shape index (κ2) is 6.69. The van der Waals surface area contributed by atoms with Gasteiger partial charge in [-0.1, -0.05) is 36.0 Å². The van der Waals surface area contributed by atoms with Gasteiger partial charge in [0.2, 0.25) is 0 Å². The number of carbonyl (C=O) groups is 1. The summed E-state index contributed by atoms with van der Waals surface area (Å²) in [6.07, 6.45) is 0.911. The minimum absolute atomic E-state index is 0.256. The Morgan fingerprint density at radius 2 is 2.00 bits per heavy atom. The van der Waals surface area contributed by atoms with Gasteiger partial charge in [0, 0.05) is 12.1 Å². The Morgan fingerprint density at radius 3 is 2.75 bits per heavy atom. The molecule has 0 fully saturated rings. The average Bonchev–Trinajstić information content (AvgIpc) is 2.86. The van der Waals surface area contributed by atoms with Gasteiger partial charge in [-0.2, -0.15) is 4.99 Å². The molecule has 2 aromatic carbocycles. The summed E-state index contributed by atoms with van der Waals surface area (Å²) in [6.45, 7) is 6.67. The van der Waals surface area contributed by atoms with Crippen LogP contribution in [0.3, 0.4) is 0 Å². The first-order chi connectivity index (χ1) is 11.5. The summed E-state index contributed by atoms with van der Waals surface area (Å²) in [7, 11) is 0. The van der Waals surface area contributed by atoms with Crippen LogP contribution in [-0.2, 0) is 6.54 Å². The van der Waals surface area contributed by atoms with Gasteiger partial charge in [0.1, 0.15) is 5.82 Å². The second-order valence-corrected chi connectivity index (χ2v) is 6.89. The number of hydrogen-bond donors (Lipinski definition) is 0. The quantitative estimate of drug-likeness (QED) is 0.684. The Bertz CT molecular complexity index is 985. The molecule has 0 spiro atoms. The fourth-order valence-corrected chi connectivity index (χ4v) is 3.76. The lowest BCUT2D eigenvalue weighted by Gasteiger charge is -2.04. The maximum atomic E-state index is 13.5. The number of nitrogens with zero attached hydrogens (tertiary/aromatic N) is 2. The zero-order valence-corrected chi connectivity index (χ0v) is 14.8. The number of hydrogen-bond acceptors (Lipinski definition) is 2.